The van der Waals surface area contributed by atoms with Crippen molar-refractivity contribution in [1.29, 1.82) is 0 Å². The second kappa shape index (κ2) is 12.3. The fourth-order valence-corrected chi connectivity index (χ4v) is 5.35. The zero-order valence-corrected chi connectivity index (χ0v) is 21.5. The summed E-state index contributed by atoms with van der Waals surface area (Å²) in [7, 11) is -3.73. The lowest BCUT2D eigenvalue weighted by Gasteiger charge is -2.12. The summed E-state index contributed by atoms with van der Waals surface area (Å²) < 4.78 is 29.6. The largest absolute Gasteiger partial charge is 0.465 e. The highest BCUT2D eigenvalue weighted by atomic mass is 32.2. The second-order valence-electron chi connectivity index (χ2n) is 7.47. The smallest absolute Gasteiger partial charge is 0.316 e. The maximum Gasteiger partial charge on any atom is 0.316 e. The van der Waals surface area contributed by atoms with Crippen LogP contribution >= 0.6 is 23.1 Å². The number of carbonyl (C=O) groups is 2. The number of thiophene rings is 1. The highest BCUT2D eigenvalue weighted by Gasteiger charge is 2.15. The first-order valence-electron chi connectivity index (χ1n) is 10.8. The van der Waals surface area contributed by atoms with Crippen LogP contribution in [0.15, 0.2) is 50.6 Å². The third-order valence-corrected chi connectivity index (χ3v) is 7.70. The number of nitrogens with one attached hydrogen (secondary N) is 1. The number of hydrogen-bond acceptors (Lipinski definition) is 9. The first-order chi connectivity index (χ1) is 16.7. The fourth-order valence-electron chi connectivity index (χ4n) is 3.24. The quantitative estimate of drug-likeness (QED) is 0.202. The molecule has 0 radical (unpaired) electrons. The molecule has 35 heavy (non-hydrogen) atoms. The molecular formula is C22H26N4O6S3. The lowest BCUT2D eigenvalue weighted by molar-refractivity contribution is -0.139. The Morgan fingerprint density at radius 3 is 2.66 bits per heavy atom. The van der Waals surface area contributed by atoms with Gasteiger partial charge >= 0.3 is 5.97 Å². The number of sulfonamides is 1. The Hall–Kier alpha value is -2.74. The first-order valence-corrected chi connectivity index (χ1v) is 14.2. The van der Waals surface area contributed by atoms with Gasteiger partial charge in [0.15, 0.2) is 5.16 Å². The van der Waals surface area contributed by atoms with Gasteiger partial charge in [-0.2, -0.15) is 0 Å². The van der Waals surface area contributed by atoms with E-state index < -0.39 is 10.0 Å². The van der Waals surface area contributed by atoms with Crippen LogP contribution in [0.2, 0.25) is 0 Å². The minimum atomic E-state index is -3.73. The molecule has 13 heteroatoms. The van der Waals surface area contributed by atoms with E-state index in [2.05, 4.69) is 10.3 Å². The highest BCUT2D eigenvalue weighted by Crippen LogP contribution is 2.21. The Kier molecular flexibility index (Phi) is 9.43. The average Bonchev–Trinajstić information content (AvgIpc) is 3.28. The standard InChI is InChI=1S/C22H26N4O6S3/c1-2-32-19(28)14-34-22-25-17-10-13-33-20(17)21(29)26(22)12-3-4-18(27)24-11-9-15-5-7-16(8-6-15)35(23,30)31/h5-8,10,13H,2-4,9,11-12,14H2,1H3,(H,24,27)(H2,23,30,31). The van der Waals surface area contributed by atoms with Gasteiger partial charge in [0.25, 0.3) is 5.56 Å². The molecule has 10 nitrogen and oxygen atoms in total. The van der Waals surface area contributed by atoms with Crippen molar-refractivity contribution in [2.45, 2.75) is 42.8 Å². The Morgan fingerprint density at radius 2 is 1.97 bits per heavy atom. The Morgan fingerprint density at radius 1 is 1.23 bits per heavy atom. The lowest BCUT2D eigenvalue weighted by Crippen LogP contribution is -2.27. The third-order valence-electron chi connectivity index (χ3n) is 4.93. The van der Waals surface area contributed by atoms with Gasteiger partial charge in [0.2, 0.25) is 15.9 Å². The van der Waals surface area contributed by atoms with Crippen molar-refractivity contribution >= 4 is 55.2 Å². The van der Waals surface area contributed by atoms with Gasteiger partial charge in [-0.25, -0.2) is 18.5 Å². The number of primary sulfonamides is 1. The summed E-state index contributed by atoms with van der Waals surface area (Å²) >= 11 is 2.44. The van der Waals surface area contributed by atoms with Gasteiger partial charge in [0, 0.05) is 19.5 Å². The van der Waals surface area contributed by atoms with Crippen LogP contribution in [0.25, 0.3) is 10.2 Å². The van der Waals surface area contributed by atoms with Crippen LogP contribution in [0.5, 0.6) is 0 Å². The van der Waals surface area contributed by atoms with Crippen LogP contribution in [-0.4, -0.2) is 48.7 Å². The zero-order chi connectivity index (χ0) is 25.4. The fraction of sp³-hybridized carbons (Fsp3) is 0.364. The topological polar surface area (TPSA) is 150 Å². The molecule has 0 aliphatic rings. The van der Waals surface area contributed by atoms with Crippen molar-refractivity contribution in [3.63, 3.8) is 0 Å². The number of thioether (sulfide) groups is 1. The summed E-state index contributed by atoms with van der Waals surface area (Å²) in [4.78, 5) is 41.5. The molecule has 0 atom stereocenters. The molecule has 188 valence electrons. The Bertz CT molecular complexity index is 1350. The van der Waals surface area contributed by atoms with Gasteiger partial charge < -0.3 is 10.1 Å². The maximum absolute atomic E-state index is 12.9. The predicted octanol–water partition coefficient (Wildman–Crippen LogP) is 1.90. The number of nitrogens with two attached hydrogens (primary N) is 1. The molecule has 3 aromatic rings. The summed E-state index contributed by atoms with van der Waals surface area (Å²) in [5.74, 6) is -0.512. The van der Waals surface area contributed by atoms with Gasteiger partial charge in [0.05, 0.1) is 22.8 Å². The number of aromatic nitrogens is 2. The molecule has 2 aromatic heterocycles. The molecule has 3 rings (SSSR count). The molecule has 3 N–H and O–H groups in total. The lowest BCUT2D eigenvalue weighted by atomic mass is 10.1. The average molecular weight is 539 g/mol. The number of amides is 1. The molecule has 2 heterocycles. The van der Waals surface area contributed by atoms with Crippen LogP contribution in [0.4, 0.5) is 0 Å². The van der Waals surface area contributed by atoms with E-state index in [9.17, 15) is 22.8 Å². The Labute approximate surface area is 210 Å². The van der Waals surface area contributed by atoms with Crippen molar-refractivity contribution in [2.75, 3.05) is 18.9 Å². The maximum atomic E-state index is 12.9. The minimum absolute atomic E-state index is 0.0363. The van der Waals surface area contributed by atoms with Crippen molar-refractivity contribution in [3.05, 3.63) is 51.6 Å². The summed E-state index contributed by atoms with van der Waals surface area (Å²) in [6.45, 7) is 2.67. The van der Waals surface area contributed by atoms with Crippen molar-refractivity contribution in [3.8, 4) is 0 Å². The summed E-state index contributed by atoms with van der Waals surface area (Å²) in [6, 6.07) is 7.93. The number of rotatable bonds is 12. The number of esters is 1. The molecule has 0 aliphatic carbocycles. The van der Waals surface area contributed by atoms with E-state index in [1.165, 1.54) is 28.0 Å². The number of fused-ring (bicyclic) bond motifs is 1. The van der Waals surface area contributed by atoms with Gasteiger partial charge in [-0.1, -0.05) is 23.9 Å². The number of hydrogen-bond donors (Lipinski definition) is 2. The van der Waals surface area contributed by atoms with Crippen LogP contribution in [0.3, 0.4) is 0 Å². The molecule has 0 spiro atoms. The van der Waals surface area contributed by atoms with Crippen LogP contribution in [0.1, 0.15) is 25.3 Å². The van der Waals surface area contributed by atoms with Crippen LogP contribution < -0.4 is 16.0 Å². The van der Waals surface area contributed by atoms with Crippen molar-refractivity contribution < 1.29 is 22.7 Å². The molecule has 0 bridgehead atoms. The van der Waals surface area contributed by atoms with Gasteiger partial charge in [-0.05, 0) is 48.9 Å². The van der Waals surface area contributed by atoms with E-state index in [4.69, 9.17) is 9.88 Å². The highest BCUT2D eigenvalue weighted by molar-refractivity contribution is 7.99. The van der Waals surface area contributed by atoms with E-state index >= 15 is 0 Å². The number of benzene rings is 1. The number of carbonyl (C=O) groups excluding carboxylic acids is 2. The summed E-state index contributed by atoms with van der Waals surface area (Å²) in [5.41, 5.74) is 1.25. The molecule has 0 saturated heterocycles. The minimum Gasteiger partial charge on any atom is -0.465 e. The third kappa shape index (κ3) is 7.62. The van der Waals surface area contributed by atoms with Crippen molar-refractivity contribution in [2.24, 2.45) is 5.14 Å². The van der Waals surface area contributed by atoms with Gasteiger partial charge in [-0.15, -0.1) is 11.3 Å². The first kappa shape index (κ1) is 26.9. The van der Waals surface area contributed by atoms with E-state index in [0.29, 0.717) is 34.8 Å². The van der Waals surface area contributed by atoms with Crippen LogP contribution in [0, 0.1) is 0 Å². The SMILES string of the molecule is CCOC(=O)CSc1nc2ccsc2c(=O)n1CCCC(=O)NCCc1ccc(S(N)(=O)=O)cc1. The predicted molar refractivity (Wildman–Crippen MR) is 135 cm³/mol. The normalized spacial score (nSPS) is 11.5. The molecule has 0 fully saturated rings. The Balaban J connectivity index is 1.53. The molecule has 0 unspecified atom stereocenters. The molecule has 0 saturated carbocycles. The van der Waals surface area contributed by atoms with Crippen LogP contribution in [-0.2, 0) is 37.3 Å². The van der Waals surface area contributed by atoms with Gasteiger partial charge in [0.1, 0.15) is 4.70 Å². The zero-order valence-electron chi connectivity index (χ0n) is 19.1. The van der Waals surface area contributed by atoms with E-state index in [-0.39, 0.29) is 47.7 Å². The molecule has 1 amide bonds. The molecular weight excluding hydrogens is 512 g/mol. The van der Waals surface area contributed by atoms with E-state index in [0.717, 1.165) is 17.3 Å². The molecule has 0 aliphatic heterocycles. The summed E-state index contributed by atoms with van der Waals surface area (Å²) in [6.07, 6.45) is 1.16. The van der Waals surface area contributed by atoms with Crippen molar-refractivity contribution in [1.82, 2.24) is 14.9 Å². The number of nitrogens with zero attached hydrogens (tertiary/aromatic N) is 2. The van der Waals surface area contributed by atoms with E-state index in [1.807, 2.05) is 0 Å². The number of ether oxygens (including phenoxy) is 1. The van der Waals surface area contributed by atoms with E-state index in [1.54, 1.807) is 30.5 Å². The second-order valence-corrected chi connectivity index (χ2v) is 10.9. The monoisotopic (exact) mass is 538 g/mol. The van der Waals surface area contributed by atoms with Gasteiger partial charge in [-0.3, -0.25) is 19.0 Å². The summed E-state index contributed by atoms with van der Waals surface area (Å²) in [5, 5.41) is 10.1. The molecule has 1 aromatic carbocycles.